The van der Waals surface area contributed by atoms with Gasteiger partial charge in [-0.15, -0.1) is 0 Å². The average molecular weight is 265 g/mol. The Kier molecular flexibility index (Phi) is 3.31. The Morgan fingerprint density at radius 2 is 1.60 bits per heavy atom. The molecule has 4 nitrogen and oxygen atoms in total. The Bertz CT molecular complexity index is 611. The number of hydrogen-bond acceptors (Lipinski definition) is 3. The van der Waals surface area contributed by atoms with E-state index in [2.05, 4.69) is 9.97 Å². The number of pyridine rings is 1. The lowest BCUT2D eigenvalue weighted by Gasteiger charge is -2.29. The highest BCUT2D eigenvalue weighted by atomic mass is 16.3. The smallest absolute Gasteiger partial charge is 0.133 e. The van der Waals surface area contributed by atoms with Crippen LogP contribution >= 0.6 is 0 Å². The molecule has 0 saturated carbocycles. The third kappa shape index (κ3) is 2.33. The van der Waals surface area contributed by atoms with E-state index in [1.165, 1.54) is 0 Å². The number of nitrogens with zero attached hydrogens (tertiary/aromatic N) is 3. The van der Waals surface area contributed by atoms with Gasteiger partial charge in [0.25, 0.3) is 0 Å². The maximum atomic E-state index is 11.2. The fraction of sp³-hybridized carbons (Fsp3) is 0.125. The molecule has 0 aliphatic carbocycles. The molecule has 3 rings (SSSR count). The van der Waals surface area contributed by atoms with Crippen LogP contribution in [-0.4, -0.2) is 19.6 Å². The van der Waals surface area contributed by atoms with Crippen LogP contribution in [0.25, 0.3) is 0 Å². The fourth-order valence-electron chi connectivity index (χ4n) is 2.34. The Balaban J connectivity index is 2.08. The number of hydrogen-bond donors (Lipinski definition) is 1. The Morgan fingerprint density at radius 1 is 0.900 bits per heavy atom. The first kappa shape index (κ1) is 12.6. The maximum absolute atomic E-state index is 11.2. The Morgan fingerprint density at radius 3 is 2.25 bits per heavy atom. The number of benzene rings is 1. The molecule has 0 aliphatic rings. The highest BCUT2D eigenvalue weighted by molar-refractivity contribution is 5.34. The van der Waals surface area contributed by atoms with E-state index in [9.17, 15) is 5.11 Å². The molecular formula is C16H15N3O. The highest BCUT2D eigenvalue weighted by Gasteiger charge is 2.31. The van der Waals surface area contributed by atoms with Gasteiger partial charge in [0.15, 0.2) is 0 Å². The summed E-state index contributed by atoms with van der Waals surface area (Å²) < 4.78 is 1.87. The standard InChI is InChI=1S/C16H15N3O/c20-16(12-19-11-10-18-13-19,14-4-2-1-3-5-14)15-6-8-17-9-7-15/h1-11,13,20H,12H2/t16-/m1/s1. The molecule has 0 aliphatic heterocycles. The first-order valence-corrected chi connectivity index (χ1v) is 6.43. The number of imidazole rings is 1. The van der Waals surface area contributed by atoms with Gasteiger partial charge in [-0.1, -0.05) is 30.3 Å². The zero-order chi connectivity index (χ0) is 13.8. The van der Waals surface area contributed by atoms with Crippen molar-refractivity contribution in [3.63, 3.8) is 0 Å². The van der Waals surface area contributed by atoms with Crippen LogP contribution in [0, 0.1) is 0 Å². The predicted molar refractivity (Wildman–Crippen MR) is 75.9 cm³/mol. The lowest BCUT2D eigenvalue weighted by atomic mass is 9.87. The first-order valence-electron chi connectivity index (χ1n) is 6.43. The van der Waals surface area contributed by atoms with Gasteiger partial charge >= 0.3 is 0 Å². The first-order chi connectivity index (χ1) is 9.79. The fourth-order valence-corrected chi connectivity index (χ4v) is 2.34. The summed E-state index contributed by atoms with van der Waals surface area (Å²) in [5.41, 5.74) is 0.553. The van der Waals surface area contributed by atoms with E-state index >= 15 is 0 Å². The summed E-state index contributed by atoms with van der Waals surface area (Å²) in [5, 5.41) is 11.2. The van der Waals surface area contributed by atoms with Crippen molar-refractivity contribution in [1.82, 2.24) is 14.5 Å². The van der Waals surface area contributed by atoms with Crippen molar-refractivity contribution < 1.29 is 5.11 Å². The van der Waals surface area contributed by atoms with Crippen molar-refractivity contribution in [2.75, 3.05) is 0 Å². The van der Waals surface area contributed by atoms with Crippen molar-refractivity contribution >= 4 is 0 Å². The van der Waals surface area contributed by atoms with Crippen LogP contribution in [0.5, 0.6) is 0 Å². The third-order valence-electron chi connectivity index (χ3n) is 3.38. The van der Waals surface area contributed by atoms with E-state index < -0.39 is 5.60 Å². The number of aromatic nitrogens is 3. The van der Waals surface area contributed by atoms with Crippen LogP contribution in [0.3, 0.4) is 0 Å². The largest absolute Gasteiger partial charge is 0.378 e. The van der Waals surface area contributed by atoms with E-state index in [-0.39, 0.29) is 0 Å². The summed E-state index contributed by atoms with van der Waals surface area (Å²) in [7, 11) is 0. The van der Waals surface area contributed by atoms with Crippen molar-refractivity contribution in [3.05, 3.63) is 84.7 Å². The van der Waals surface area contributed by atoms with Gasteiger partial charge in [-0.2, -0.15) is 0 Å². The van der Waals surface area contributed by atoms with Gasteiger partial charge < -0.3 is 9.67 Å². The topological polar surface area (TPSA) is 50.9 Å². The van der Waals surface area contributed by atoms with Crippen LogP contribution in [0.1, 0.15) is 11.1 Å². The van der Waals surface area contributed by atoms with Crippen molar-refractivity contribution in [2.45, 2.75) is 12.1 Å². The highest BCUT2D eigenvalue weighted by Crippen LogP contribution is 2.30. The zero-order valence-electron chi connectivity index (χ0n) is 10.9. The van der Waals surface area contributed by atoms with E-state index in [0.29, 0.717) is 6.54 Å². The number of rotatable bonds is 4. The average Bonchev–Trinajstić information content (AvgIpc) is 3.02. The molecule has 1 N–H and O–H groups in total. The summed E-state index contributed by atoms with van der Waals surface area (Å²) in [6.45, 7) is 0.404. The zero-order valence-corrected chi connectivity index (χ0v) is 10.9. The SMILES string of the molecule is O[C@](Cn1ccnc1)(c1ccccc1)c1ccncc1. The molecule has 4 heteroatoms. The molecule has 0 spiro atoms. The van der Waals surface area contributed by atoms with E-state index in [1.54, 1.807) is 24.9 Å². The lowest BCUT2D eigenvalue weighted by molar-refractivity contribution is 0.0611. The second-order valence-electron chi connectivity index (χ2n) is 4.70. The van der Waals surface area contributed by atoms with Crippen LogP contribution in [0.2, 0.25) is 0 Å². The monoisotopic (exact) mass is 265 g/mol. The minimum Gasteiger partial charge on any atom is -0.378 e. The summed E-state index contributed by atoms with van der Waals surface area (Å²) in [6.07, 6.45) is 8.64. The normalized spacial score (nSPS) is 13.8. The van der Waals surface area contributed by atoms with Crippen molar-refractivity contribution in [2.24, 2.45) is 0 Å². The van der Waals surface area contributed by atoms with Crippen molar-refractivity contribution in [3.8, 4) is 0 Å². The minimum atomic E-state index is -1.11. The molecule has 2 aromatic heterocycles. The van der Waals surface area contributed by atoms with Gasteiger partial charge in [-0.25, -0.2) is 4.98 Å². The summed E-state index contributed by atoms with van der Waals surface area (Å²) >= 11 is 0. The molecule has 100 valence electrons. The molecule has 1 aromatic carbocycles. The second-order valence-corrected chi connectivity index (χ2v) is 4.70. The second kappa shape index (κ2) is 5.27. The summed E-state index contributed by atoms with van der Waals surface area (Å²) in [4.78, 5) is 8.05. The molecule has 3 aromatic rings. The lowest BCUT2D eigenvalue weighted by Crippen LogP contribution is -2.32. The van der Waals surface area contributed by atoms with Crippen molar-refractivity contribution in [1.29, 1.82) is 0 Å². The molecule has 20 heavy (non-hydrogen) atoms. The van der Waals surface area contributed by atoms with Crippen LogP contribution in [0.15, 0.2) is 73.6 Å². The molecule has 0 bridgehead atoms. The van der Waals surface area contributed by atoms with E-state index in [1.807, 2.05) is 53.2 Å². The molecule has 1 atom stereocenters. The Labute approximate surface area is 117 Å². The minimum absolute atomic E-state index is 0.404. The van der Waals surface area contributed by atoms with E-state index in [4.69, 9.17) is 0 Å². The molecular weight excluding hydrogens is 250 g/mol. The molecule has 2 heterocycles. The predicted octanol–water partition coefficient (Wildman–Crippen LogP) is 2.21. The molecule has 0 fully saturated rings. The molecule has 0 saturated heterocycles. The Hall–Kier alpha value is -2.46. The molecule has 0 radical (unpaired) electrons. The van der Waals surface area contributed by atoms with Gasteiger partial charge in [0, 0.05) is 24.8 Å². The number of aliphatic hydroxyl groups is 1. The van der Waals surface area contributed by atoms with Gasteiger partial charge in [0.2, 0.25) is 0 Å². The van der Waals surface area contributed by atoms with Crippen LogP contribution < -0.4 is 0 Å². The maximum Gasteiger partial charge on any atom is 0.133 e. The molecule has 0 unspecified atom stereocenters. The van der Waals surface area contributed by atoms with Gasteiger partial charge in [-0.05, 0) is 23.3 Å². The van der Waals surface area contributed by atoms with E-state index in [0.717, 1.165) is 11.1 Å². The molecule has 0 amide bonds. The van der Waals surface area contributed by atoms with Gasteiger partial charge in [0.1, 0.15) is 5.60 Å². The quantitative estimate of drug-likeness (QED) is 0.787. The van der Waals surface area contributed by atoms with Crippen LogP contribution in [0.4, 0.5) is 0 Å². The summed E-state index contributed by atoms with van der Waals surface area (Å²) in [6, 6.07) is 13.3. The third-order valence-corrected chi connectivity index (χ3v) is 3.38. The van der Waals surface area contributed by atoms with Crippen LogP contribution in [-0.2, 0) is 12.1 Å². The van der Waals surface area contributed by atoms with Gasteiger partial charge in [0.05, 0.1) is 12.9 Å². The van der Waals surface area contributed by atoms with Gasteiger partial charge in [-0.3, -0.25) is 4.98 Å². The summed E-state index contributed by atoms with van der Waals surface area (Å²) in [5.74, 6) is 0.